The van der Waals surface area contributed by atoms with Crippen molar-refractivity contribution in [1.29, 1.82) is 0 Å². The highest BCUT2D eigenvalue weighted by molar-refractivity contribution is 5.33. The van der Waals surface area contributed by atoms with Gasteiger partial charge in [-0.1, -0.05) is 6.07 Å². The third-order valence-corrected chi connectivity index (χ3v) is 2.12. The van der Waals surface area contributed by atoms with E-state index in [1.54, 1.807) is 6.20 Å². The van der Waals surface area contributed by atoms with E-state index in [4.69, 9.17) is 0 Å². The van der Waals surface area contributed by atoms with Crippen molar-refractivity contribution in [3.05, 3.63) is 24.4 Å². The van der Waals surface area contributed by atoms with Crippen LogP contribution in [0.2, 0.25) is 0 Å². The van der Waals surface area contributed by atoms with Crippen molar-refractivity contribution in [3.63, 3.8) is 0 Å². The van der Waals surface area contributed by atoms with Crippen LogP contribution in [0.4, 0.5) is 5.82 Å². The van der Waals surface area contributed by atoms with E-state index in [-0.39, 0.29) is 0 Å². The van der Waals surface area contributed by atoms with Gasteiger partial charge in [0, 0.05) is 18.8 Å². The molecule has 1 atom stereocenters. The summed E-state index contributed by atoms with van der Waals surface area (Å²) in [7, 11) is 0. The number of nitrogens with zero attached hydrogens (tertiary/aromatic N) is 1. The van der Waals surface area contributed by atoms with Crippen LogP contribution in [0.5, 0.6) is 0 Å². The van der Waals surface area contributed by atoms with Gasteiger partial charge in [-0.25, -0.2) is 4.98 Å². The second-order valence-electron chi connectivity index (χ2n) is 3.04. The second-order valence-corrected chi connectivity index (χ2v) is 3.04. The Morgan fingerprint density at radius 2 is 2.50 bits per heavy atom. The predicted octanol–water partition coefficient (Wildman–Crippen LogP) is 0.855. The Morgan fingerprint density at radius 1 is 1.58 bits per heavy atom. The Morgan fingerprint density at radius 3 is 3.08 bits per heavy atom. The first-order valence-corrected chi connectivity index (χ1v) is 4.33. The second kappa shape index (κ2) is 3.54. The van der Waals surface area contributed by atoms with Gasteiger partial charge in [-0.05, 0) is 25.1 Å². The zero-order valence-corrected chi connectivity index (χ0v) is 6.96. The standard InChI is InChI=1S/C9H13N3/c1-2-5-11-9(3-1)12-7-8-4-6-10-8/h1-3,5,8,10H,4,6-7H2,(H,11,12)/t8-/m0/s1. The SMILES string of the molecule is c1ccc(NC[C@@H]2CCN2)nc1. The molecule has 0 radical (unpaired) electrons. The van der Waals surface area contributed by atoms with Crippen LogP contribution >= 0.6 is 0 Å². The van der Waals surface area contributed by atoms with Gasteiger partial charge in [0.2, 0.25) is 0 Å². The summed E-state index contributed by atoms with van der Waals surface area (Å²) in [6.45, 7) is 2.14. The minimum atomic E-state index is 0.645. The molecule has 12 heavy (non-hydrogen) atoms. The number of hydrogen-bond donors (Lipinski definition) is 2. The fraction of sp³-hybridized carbons (Fsp3) is 0.444. The molecule has 0 bridgehead atoms. The van der Waals surface area contributed by atoms with E-state index < -0.39 is 0 Å². The Balaban J connectivity index is 1.79. The number of aromatic nitrogens is 1. The molecule has 1 aromatic heterocycles. The predicted molar refractivity (Wildman–Crippen MR) is 49.1 cm³/mol. The lowest BCUT2D eigenvalue weighted by atomic mass is 10.1. The van der Waals surface area contributed by atoms with Crippen molar-refractivity contribution < 1.29 is 0 Å². The van der Waals surface area contributed by atoms with Crippen molar-refractivity contribution in [2.24, 2.45) is 0 Å². The van der Waals surface area contributed by atoms with Gasteiger partial charge in [-0.15, -0.1) is 0 Å². The fourth-order valence-electron chi connectivity index (χ4n) is 1.22. The van der Waals surface area contributed by atoms with Crippen molar-refractivity contribution in [3.8, 4) is 0 Å². The number of rotatable bonds is 3. The summed E-state index contributed by atoms with van der Waals surface area (Å²) in [5, 5.41) is 6.60. The van der Waals surface area contributed by atoms with Crippen LogP contribution < -0.4 is 10.6 Å². The zero-order valence-electron chi connectivity index (χ0n) is 6.96. The van der Waals surface area contributed by atoms with Gasteiger partial charge in [0.05, 0.1) is 0 Å². The van der Waals surface area contributed by atoms with Crippen LogP contribution in [-0.4, -0.2) is 24.1 Å². The highest BCUT2D eigenvalue weighted by Gasteiger charge is 2.15. The molecule has 2 rings (SSSR count). The van der Waals surface area contributed by atoms with Crippen LogP contribution in [-0.2, 0) is 0 Å². The lowest BCUT2D eigenvalue weighted by molar-refractivity contribution is 0.386. The largest absolute Gasteiger partial charge is 0.369 e. The van der Waals surface area contributed by atoms with Crippen molar-refractivity contribution in [1.82, 2.24) is 10.3 Å². The molecule has 0 saturated carbocycles. The molecule has 0 aromatic carbocycles. The molecule has 0 amide bonds. The normalized spacial score (nSPS) is 21.5. The number of anilines is 1. The van der Waals surface area contributed by atoms with Crippen LogP contribution in [0.15, 0.2) is 24.4 Å². The molecule has 64 valence electrons. The van der Waals surface area contributed by atoms with E-state index in [1.807, 2.05) is 18.2 Å². The lowest BCUT2D eigenvalue weighted by Gasteiger charge is -2.27. The summed E-state index contributed by atoms with van der Waals surface area (Å²) >= 11 is 0. The van der Waals surface area contributed by atoms with Crippen molar-refractivity contribution in [2.45, 2.75) is 12.5 Å². The fourth-order valence-corrected chi connectivity index (χ4v) is 1.22. The maximum atomic E-state index is 4.17. The molecule has 3 nitrogen and oxygen atoms in total. The van der Waals surface area contributed by atoms with E-state index in [0.29, 0.717) is 6.04 Å². The lowest BCUT2D eigenvalue weighted by Crippen LogP contribution is -2.47. The molecule has 1 aliphatic rings. The molecule has 2 heterocycles. The van der Waals surface area contributed by atoms with E-state index in [1.165, 1.54) is 6.42 Å². The summed E-state index contributed by atoms with van der Waals surface area (Å²) in [6.07, 6.45) is 3.08. The number of hydrogen-bond acceptors (Lipinski definition) is 3. The summed E-state index contributed by atoms with van der Waals surface area (Å²) in [6, 6.07) is 6.54. The monoisotopic (exact) mass is 163 g/mol. The van der Waals surface area contributed by atoms with Gasteiger partial charge in [-0.2, -0.15) is 0 Å². The smallest absolute Gasteiger partial charge is 0.125 e. The first kappa shape index (κ1) is 7.55. The van der Waals surface area contributed by atoms with Crippen LogP contribution in [0, 0.1) is 0 Å². The van der Waals surface area contributed by atoms with Crippen LogP contribution in [0.3, 0.4) is 0 Å². The van der Waals surface area contributed by atoms with Gasteiger partial charge in [0.25, 0.3) is 0 Å². The van der Waals surface area contributed by atoms with Gasteiger partial charge in [0.1, 0.15) is 5.82 Å². The molecule has 0 aliphatic carbocycles. The third kappa shape index (κ3) is 1.74. The average molecular weight is 163 g/mol. The Hall–Kier alpha value is -1.09. The quantitative estimate of drug-likeness (QED) is 0.693. The molecule has 1 aromatic rings. The zero-order chi connectivity index (χ0) is 8.23. The number of nitrogens with one attached hydrogen (secondary N) is 2. The summed E-state index contributed by atoms with van der Waals surface area (Å²) in [5.74, 6) is 0.964. The number of pyridine rings is 1. The summed E-state index contributed by atoms with van der Waals surface area (Å²) in [4.78, 5) is 4.17. The topological polar surface area (TPSA) is 37.0 Å². The van der Waals surface area contributed by atoms with Gasteiger partial charge >= 0.3 is 0 Å². The molecule has 0 unspecified atom stereocenters. The Bertz CT molecular complexity index is 231. The highest BCUT2D eigenvalue weighted by atomic mass is 15.1. The molecule has 1 fully saturated rings. The van der Waals surface area contributed by atoms with E-state index in [9.17, 15) is 0 Å². The van der Waals surface area contributed by atoms with Gasteiger partial charge in [-0.3, -0.25) is 0 Å². The van der Waals surface area contributed by atoms with Crippen molar-refractivity contribution >= 4 is 5.82 Å². The molecular weight excluding hydrogens is 150 g/mol. The van der Waals surface area contributed by atoms with Crippen LogP contribution in [0.25, 0.3) is 0 Å². The maximum Gasteiger partial charge on any atom is 0.125 e. The molecule has 0 spiro atoms. The first-order chi connectivity index (χ1) is 5.95. The van der Waals surface area contributed by atoms with Gasteiger partial charge < -0.3 is 10.6 Å². The van der Waals surface area contributed by atoms with Crippen molar-refractivity contribution in [2.75, 3.05) is 18.4 Å². The van der Waals surface area contributed by atoms with E-state index >= 15 is 0 Å². The third-order valence-electron chi connectivity index (χ3n) is 2.12. The van der Waals surface area contributed by atoms with E-state index in [2.05, 4.69) is 15.6 Å². The first-order valence-electron chi connectivity index (χ1n) is 4.33. The molecule has 1 aliphatic heterocycles. The van der Waals surface area contributed by atoms with Crippen LogP contribution in [0.1, 0.15) is 6.42 Å². The van der Waals surface area contributed by atoms with E-state index in [0.717, 1.165) is 18.9 Å². The Kier molecular flexibility index (Phi) is 2.23. The minimum Gasteiger partial charge on any atom is -0.369 e. The molecular formula is C9H13N3. The summed E-state index contributed by atoms with van der Waals surface area (Å²) in [5.41, 5.74) is 0. The van der Waals surface area contributed by atoms with Gasteiger partial charge in [0.15, 0.2) is 0 Å². The molecule has 3 heteroatoms. The minimum absolute atomic E-state index is 0.645. The molecule has 2 N–H and O–H groups in total. The maximum absolute atomic E-state index is 4.17. The Labute approximate surface area is 72.2 Å². The molecule has 1 saturated heterocycles. The summed E-state index contributed by atoms with van der Waals surface area (Å²) < 4.78 is 0. The average Bonchev–Trinajstić information content (AvgIpc) is 2.04. The highest BCUT2D eigenvalue weighted by Crippen LogP contribution is 2.04.